The Morgan fingerprint density at radius 3 is 1.24 bits per heavy atom. The highest BCUT2D eigenvalue weighted by molar-refractivity contribution is 6.45. The first-order valence-electron chi connectivity index (χ1n) is 21.3. The number of aromatic nitrogens is 2. The molecule has 338 valence electrons. The molecule has 16 nitrogen and oxygen atoms in total. The summed E-state index contributed by atoms with van der Waals surface area (Å²) in [5.74, 6) is -1.48. The summed E-state index contributed by atoms with van der Waals surface area (Å²) >= 11 is 0. The van der Waals surface area contributed by atoms with Gasteiger partial charge in [-0.15, -0.1) is 0 Å². The minimum absolute atomic E-state index is 0.205. The van der Waals surface area contributed by atoms with Gasteiger partial charge in [0.1, 0.15) is 22.7 Å². The number of amides is 4. The number of benzene rings is 2. The van der Waals surface area contributed by atoms with Crippen LogP contribution in [0.4, 0.5) is 9.59 Å². The molecule has 62 heavy (non-hydrogen) atoms. The SMILES string of the molecule is COc1ccc2c(C(=O)C(=O)NCCCN(CCCCCCCCN(CCCNC(=O)C(=O)c3c[nH]c4cc(OC)ccc34)C(=O)OC(C)(C)C)C(=O)OC(C)(C)C)c[nH]c2c1. The lowest BCUT2D eigenvalue weighted by Crippen LogP contribution is -2.39. The first-order chi connectivity index (χ1) is 29.4. The van der Waals surface area contributed by atoms with E-state index in [1.165, 1.54) is 12.4 Å². The minimum atomic E-state index is -0.721. The molecule has 2 aromatic carbocycles. The lowest BCUT2D eigenvalue weighted by molar-refractivity contribution is -0.117. The van der Waals surface area contributed by atoms with Crippen LogP contribution in [0.1, 0.15) is 114 Å². The van der Waals surface area contributed by atoms with Crippen molar-refractivity contribution in [3.05, 3.63) is 59.9 Å². The molecule has 2 heterocycles. The number of hydrogen-bond acceptors (Lipinski definition) is 10. The lowest BCUT2D eigenvalue weighted by atomic mass is 10.1. The van der Waals surface area contributed by atoms with E-state index in [0.29, 0.717) is 72.3 Å². The van der Waals surface area contributed by atoms with E-state index in [2.05, 4.69) is 20.6 Å². The van der Waals surface area contributed by atoms with Crippen molar-refractivity contribution in [3.63, 3.8) is 0 Å². The van der Waals surface area contributed by atoms with Crippen LogP contribution in [0, 0.1) is 0 Å². The van der Waals surface area contributed by atoms with E-state index in [1.807, 2.05) is 41.5 Å². The number of carbonyl (C=O) groups excluding carboxylic acids is 6. The quantitative estimate of drug-likeness (QED) is 0.0328. The predicted octanol–water partition coefficient (Wildman–Crippen LogP) is 7.56. The van der Waals surface area contributed by atoms with Crippen molar-refractivity contribution in [2.45, 2.75) is 104 Å². The number of unbranched alkanes of at least 4 members (excludes halogenated alkanes) is 5. The lowest BCUT2D eigenvalue weighted by Gasteiger charge is -2.27. The fourth-order valence-corrected chi connectivity index (χ4v) is 6.74. The molecular formula is C46H64N6O10. The van der Waals surface area contributed by atoms with Crippen LogP contribution in [-0.2, 0) is 19.1 Å². The number of carbonyl (C=O) groups is 6. The fourth-order valence-electron chi connectivity index (χ4n) is 6.74. The van der Waals surface area contributed by atoms with Crippen LogP contribution >= 0.6 is 0 Å². The number of H-pyrrole nitrogens is 2. The summed E-state index contributed by atoms with van der Waals surface area (Å²) in [6.45, 7) is 12.9. The van der Waals surface area contributed by atoms with Gasteiger partial charge < -0.3 is 49.3 Å². The van der Waals surface area contributed by atoms with E-state index in [-0.39, 0.29) is 24.2 Å². The highest BCUT2D eigenvalue weighted by atomic mass is 16.6. The highest BCUT2D eigenvalue weighted by Crippen LogP contribution is 2.25. The van der Waals surface area contributed by atoms with Gasteiger partial charge in [0.15, 0.2) is 0 Å². The monoisotopic (exact) mass is 860 g/mol. The normalized spacial score (nSPS) is 11.5. The van der Waals surface area contributed by atoms with Gasteiger partial charge in [-0.05, 0) is 91.5 Å². The summed E-state index contributed by atoms with van der Waals surface area (Å²) in [7, 11) is 3.11. The maximum Gasteiger partial charge on any atom is 0.410 e. The van der Waals surface area contributed by atoms with E-state index >= 15 is 0 Å². The summed E-state index contributed by atoms with van der Waals surface area (Å²) in [5.41, 5.74) is 0.572. The molecule has 0 saturated carbocycles. The van der Waals surface area contributed by atoms with E-state index in [0.717, 1.165) is 38.5 Å². The largest absolute Gasteiger partial charge is 0.497 e. The van der Waals surface area contributed by atoms with Crippen LogP contribution in [0.2, 0.25) is 0 Å². The van der Waals surface area contributed by atoms with Gasteiger partial charge in [-0.3, -0.25) is 19.2 Å². The number of rotatable bonds is 23. The standard InChI is InChI=1S/C46H64N6O10/c1-45(2,3)61-43(57)51(25-15-21-47-41(55)39(53)35-29-49-37-27-31(59-7)17-19-33(35)37)23-13-11-9-10-12-14-24-52(44(58)62-46(4,5)6)26-16-22-48-42(56)40(54)36-30-50-38-28-32(60-8)18-20-34(36)38/h17-20,27-30,49-50H,9-16,21-26H2,1-8H3,(H,47,55)(H,48,56). The van der Waals surface area contributed by atoms with Gasteiger partial charge in [0.2, 0.25) is 0 Å². The second kappa shape index (κ2) is 22.7. The second-order valence-corrected chi connectivity index (χ2v) is 17.2. The third-order valence-corrected chi connectivity index (χ3v) is 9.87. The van der Waals surface area contributed by atoms with Crippen molar-refractivity contribution in [3.8, 4) is 11.5 Å². The Hall–Kier alpha value is -6.06. The zero-order valence-corrected chi connectivity index (χ0v) is 37.5. The van der Waals surface area contributed by atoms with Crippen molar-refractivity contribution in [1.29, 1.82) is 0 Å². The maximum absolute atomic E-state index is 13.1. The molecule has 0 unspecified atom stereocenters. The van der Waals surface area contributed by atoms with Crippen molar-refractivity contribution in [2.75, 3.05) is 53.5 Å². The molecule has 0 spiro atoms. The summed E-state index contributed by atoms with van der Waals surface area (Å²) in [6, 6.07) is 10.4. The third-order valence-electron chi connectivity index (χ3n) is 9.87. The van der Waals surface area contributed by atoms with Gasteiger partial charge >= 0.3 is 12.2 Å². The van der Waals surface area contributed by atoms with E-state index < -0.39 is 46.8 Å². The number of hydrogen-bond donors (Lipinski definition) is 4. The van der Waals surface area contributed by atoms with Crippen LogP contribution in [0.5, 0.6) is 11.5 Å². The van der Waals surface area contributed by atoms with Crippen molar-refractivity contribution in [1.82, 2.24) is 30.4 Å². The molecule has 4 aromatic rings. The van der Waals surface area contributed by atoms with Gasteiger partial charge in [0.25, 0.3) is 23.4 Å². The Morgan fingerprint density at radius 1 is 0.532 bits per heavy atom. The van der Waals surface area contributed by atoms with Gasteiger partial charge in [-0.25, -0.2) is 9.59 Å². The molecule has 0 radical (unpaired) electrons. The summed E-state index contributed by atoms with van der Waals surface area (Å²) < 4.78 is 21.8. The molecule has 0 aliphatic carbocycles. The van der Waals surface area contributed by atoms with Crippen LogP contribution in [0.3, 0.4) is 0 Å². The zero-order valence-electron chi connectivity index (χ0n) is 37.5. The van der Waals surface area contributed by atoms with Gasteiger partial charge in [0.05, 0.1) is 25.3 Å². The number of ketones is 2. The molecule has 4 amide bonds. The molecule has 4 N–H and O–H groups in total. The Kier molecular flexibility index (Phi) is 17.8. The average molecular weight is 861 g/mol. The van der Waals surface area contributed by atoms with Crippen LogP contribution in [0.15, 0.2) is 48.8 Å². The van der Waals surface area contributed by atoms with E-state index in [4.69, 9.17) is 18.9 Å². The second-order valence-electron chi connectivity index (χ2n) is 17.2. The predicted molar refractivity (Wildman–Crippen MR) is 237 cm³/mol. The van der Waals surface area contributed by atoms with Crippen LogP contribution < -0.4 is 20.1 Å². The third kappa shape index (κ3) is 14.8. The molecule has 0 saturated heterocycles. The van der Waals surface area contributed by atoms with Gasteiger partial charge in [-0.2, -0.15) is 0 Å². The molecule has 16 heteroatoms. The number of nitrogens with zero attached hydrogens (tertiary/aromatic N) is 2. The minimum Gasteiger partial charge on any atom is -0.497 e. The average Bonchev–Trinajstić information content (AvgIpc) is 3.84. The number of nitrogens with one attached hydrogen (secondary N) is 4. The first-order valence-corrected chi connectivity index (χ1v) is 21.3. The van der Waals surface area contributed by atoms with E-state index in [1.54, 1.807) is 60.4 Å². The highest BCUT2D eigenvalue weighted by Gasteiger charge is 2.25. The first kappa shape index (κ1) is 48.6. The molecule has 2 aromatic heterocycles. The van der Waals surface area contributed by atoms with Crippen molar-refractivity contribution >= 4 is 57.4 Å². The fraction of sp³-hybridized carbons (Fsp3) is 0.522. The molecule has 0 atom stereocenters. The molecular weight excluding hydrogens is 797 g/mol. The van der Waals surface area contributed by atoms with Gasteiger partial charge in [0, 0.05) is 85.6 Å². The van der Waals surface area contributed by atoms with Crippen LogP contribution in [0.25, 0.3) is 21.8 Å². The Bertz CT molecular complexity index is 2010. The number of ether oxygens (including phenoxy) is 4. The van der Waals surface area contributed by atoms with Crippen molar-refractivity contribution in [2.24, 2.45) is 0 Å². The smallest absolute Gasteiger partial charge is 0.410 e. The maximum atomic E-state index is 13.1. The summed E-state index contributed by atoms with van der Waals surface area (Å²) in [6.07, 6.45) is 8.15. The Balaban J connectivity index is 1.17. The Labute approximate surface area is 363 Å². The summed E-state index contributed by atoms with van der Waals surface area (Å²) in [4.78, 5) is 86.8. The molecule has 0 aliphatic rings. The molecule has 4 rings (SSSR count). The molecule has 0 aliphatic heterocycles. The van der Waals surface area contributed by atoms with Crippen molar-refractivity contribution < 1.29 is 47.7 Å². The molecule has 0 bridgehead atoms. The number of methoxy groups -OCH3 is 2. The van der Waals surface area contributed by atoms with Gasteiger partial charge in [-0.1, -0.05) is 25.7 Å². The Morgan fingerprint density at radius 2 is 0.887 bits per heavy atom. The van der Waals surface area contributed by atoms with E-state index in [9.17, 15) is 28.8 Å². The zero-order chi connectivity index (χ0) is 45.5. The molecule has 0 fully saturated rings. The number of aromatic amines is 2. The summed E-state index contributed by atoms with van der Waals surface area (Å²) in [5, 5.41) is 6.62. The number of fused-ring (bicyclic) bond motifs is 2. The number of Topliss-reactive ketones (excluding diaryl/α,β-unsaturated/α-hetero) is 2. The topological polar surface area (TPSA) is 201 Å². The van der Waals surface area contributed by atoms with Crippen LogP contribution in [-0.4, -0.2) is 120 Å².